The molecule has 0 spiro atoms. The van der Waals surface area contributed by atoms with Gasteiger partial charge < -0.3 is 0 Å². The first-order chi connectivity index (χ1) is 12.3. The smallest absolute Gasteiger partial charge is 0.0781 e. The molecular weight excluding hydrogens is 370 g/mol. The molecule has 25 heavy (non-hydrogen) atoms. The van der Waals surface area contributed by atoms with Crippen molar-refractivity contribution >= 4 is 27.3 Å². The van der Waals surface area contributed by atoms with Gasteiger partial charge in [0.2, 0.25) is 0 Å². The zero-order valence-electron chi connectivity index (χ0n) is 14.5. The van der Waals surface area contributed by atoms with Crippen molar-refractivity contribution in [3.05, 3.63) is 100 Å². The minimum Gasteiger partial charge on any atom is -0.248 e. The van der Waals surface area contributed by atoms with Crippen molar-refractivity contribution < 1.29 is 0 Å². The van der Waals surface area contributed by atoms with Crippen LogP contribution in [0.3, 0.4) is 0 Å². The minimum absolute atomic E-state index is 0.989. The van der Waals surface area contributed by atoms with Crippen LogP contribution in [0.15, 0.2) is 88.3 Å². The number of unbranched alkanes of at least 4 members (excludes halogenated alkanes) is 1. The molecule has 0 saturated heterocycles. The van der Waals surface area contributed by atoms with Gasteiger partial charge in [0.15, 0.2) is 0 Å². The van der Waals surface area contributed by atoms with Crippen LogP contribution in [0.25, 0.3) is 0 Å². The van der Waals surface area contributed by atoms with E-state index >= 15 is 0 Å². The van der Waals surface area contributed by atoms with Crippen molar-refractivity contribution in [1.29, 1.82) is 0 Å². The molecule has 2 heteroatoms. The predicted molar refractivity (Wildman–Crippen MR) is 111 cm³/mol. The highest BCUT2D eigenvalue weighted by Crippen LogP contribution is 2.25. The van der Waals surface area contributed by atoms with E-state index in [1.54, 1.807) is 0 Å². The molecule has 126 valence electrons. The topological polar surface area (TPSA) is 12.4 Å². The second-order valence-electron chi connectivity index (χ2n) is 6.11. The third-order valence-electron chi connectivity index (χ3n) is 4.10. The van der Waals surface area contributed by atoms with Crippen LogP contribution < -0.4 is 0 Å². The summed E-state index contributed by atoms with van der Waals surface area (Å²) in [5, 5.41) is 0. The Bertz CT molecular complexity index is 797. The molecule has 0 aliphatic carbocycles. The Labute approximate surface area is 158 Å². The molecule has 0 amide bonds. The fourth-order valence-electron chi connectivity index (χ4n) is 2.84. The first-order valence-corrected chi connectivity index (χ1v) is 9.54. The number of hydrogen-bond donors (Lipinski definition) is 0. The standard InChI is InChI=1S/C23H22BrN/c1-2-3-10-18-15-21(24)17-22(16-18)25-23(19-11-6-4-7-12-19)20-13-8-5-9-14-20/h4-9,11-17H,2-3,10H2,1H3. The Balaban J connectivity index is 2.06. The molecule has 3 rings (SSSR count). The minimum atomic E-state index is 0.989. The largest absolute Gasteiger partial charge is 0.248 e. The Kier molecular flexibility index (Phi) is 6.19. The first kappa shape index (κ1) is 17.6. The van der Waals surface area contributed by atoms with Crippen LogP contribution in [-0.2, 0) is 6.42 Å². The maximum Gasteiger partial charge on any atom is 0.0781 e. The van der Waals surface area contributed by atoms with Gasteiger partial charge >= 0.3 is 0 Å². The molecule has 0 radical (unpaired) electrons. The number of aryl methyl sites for hydroxylation is 1. The lowest BCUT2D eigenvalue weighted by Crippen LogP contribution is -2.02. The number of rotatable bonds is 6. The van der Waals surface area contributed by atoms with E-state index in [1.807, 2.05) is 12.1 Å². The van der Waals surface area contributed by atoms with Gasteiger partial charge in [0, 0.05) is 15.6 Å². The highest BCUT2D eigenvalue weighted by molar-refractivity contribution is 9.10. The molecule has 0 saturated carbocycles. The third kappa shape index (κ3) is 4.90. The SMILES string of the molecule is CCCCc1cc(Br)cc(N=C(c2ccccc2)c2ccccc2)c1. The molecule has 0 bridgehead atoms. The summed E-state index contributed by atoms with van der Waals surface area (Å²) in [6.45, 7) is 2.22. The summed E-state index contributed by atoms with van der Waals surface area (Å²) >= 11 is 3.64. The first-order valence-electron chi connectivity index (χ1n) is 8.75. The molecule has 0 aliphatic rings. The number of hydrogen-bond acceptors (Lipinski definition) is 1. The van der Waals surface area contributed by atoms with Gasteiger partial charge in [-0.05, 0) is 36.6 Å². The number of benzene rings is 3. The summed E-state index contributed by atoms with van der Waals surface area (Å²) in [6, 6.07) is 27.2. The lowest BCUT2D eigenvalue weighted by Gasteiger charge is -2.09. The fraction of sp³-hybridized carbons (Fsp3) is 0.174. The second kappa shape index (κ2) is 8.77. The molecule has 0 aliphatic heterocycles. The monoisotopic (exact) mass is 391 g/mol. The van der Waals surface area contributed by atoms with Gasteiger partial charge in [-0.1, -0.05) is 89.9 Å². The number of halogens is 1. The van der Waals surface area contributed by atoms with Crippen molar-refractivity contribution in [2.75, 3.05) is 0 Å². The van der Waals surface area contributed by atoms with Crippen molar-refractivity contribution in [3.63, 3.8) is 0 Å². The second-order valence-corrected chi connectivity index (χ2v) is 7.03. The fourth-order valence-corrected chi connectivity index (χ4v) is 3.37. The molecule has 0 heterocycles. The molecule has 0 atom stereocenters. The summed E-state index contributed by atoms with van der Waals surface area (Å²) < 4.78 is 1.08. The lowest BCUT2D eigenvalue weighted by atomic mass is 10.0. The van der Waals surface area contributed by atoms with E-state index in [-0.39, 0.29) is 0 Å². The highest BCUT2D eigenvalue weighted by Gasteiger charge is 2.07. The molecule has 0 unspecified atom stereocenters. The molecule has 3 aromatic carbocycles. The number of nitrogens with zero attached hydrogens (tertiary/aromatic N) is 1. The van der Waals surface area contributed by atoms with E-state index in [0.29, 0.717) is 0 Å². The summed E-state index contributed by atoms with van der Waals surface area (Å²) in [6.07, 6.45) is 3.48. The Morgan fingerprint density at radius 2 is 1.44 bits per heavy atom. The molecule has 3 aromatic rings. The number of aliphatic imine (C=N–C) groups is 1. The molecule has 0 N–H and O–H groups in total. The van der Waals surface area contributed by atoms with E-state index in [0.717, 1.165) is 33.4 Å². The average molecular weight is 392 g/mol. The molecular formula is C23H22BrN. The van der Waals surface area contributed by atoms with E-state index in [4.69, 9.17) is 4.99 Å². The van der Waals surface area contributed by atoms with Crippen molar-refractivity contribution in [1.82, 2.24) is 0 Å². The van der Waals surface area contributed by atoms with Crippen LogP contribution in [0.2, 0.25) is 0 Å². The van der Waals surface area contributed by atoms with Crippen molar-refractivity contribution in [2.45, 2.75) is 26.2 Å². The molecule has 0 aromatic heterocycles. The summed E-state index contributed by atoms with van der Waals surface area (Å²) in [5.41, 5.74) is 5.58. The van der Waals surface area contributed by atoms with E-state index in [9.17, 15) is 0 Å². The van der Waals surface area contributed by atoms with E-state index in [2.05, 4.69) is 89.6 Å². The van der Waals surface area contributed by atoms with Crippen LogP contribution in [-0.4, -0.2) is 5.71 Å². The van der Waals surface area contributed by atoms with Gasteiger partial charge in [0.05, 0.1) is 11.4 Å². The van der Waals surface area contributed by atoms with Crippen LogP contribution >= 0.6 is 15.9 Å². The normalized spacial score (nSPS) is 10.5. The summed E-state index contributed by atoms with van der Waals surface area (Å²) in [5.74, 6) is 0. The Hall–Kier alpha value is -2.19. The van der Waals surface area contributed by atoms with Gasteiger partial charge in [-0.2, -0.15) is 0 Å². The Morgan fingerprint density at radius 1 is 0.840 bits per heavy atom. The summed E-state index contributed by atoms with van der Waals surface area (Å²) in [7, 11) is 0. The zero-order valence-corrected chi connectivity index (χ0v) is 16.0. The maximum atomic E-state index is 5.02. The van der Waals surface area contributed by atoms with Crippen LogP contribution in [0, 0.1) is 0 Å². The van der Waals surface area contributed by atoms with Crippen LogP contribution in [0.1, 0.15) is 36.5 Å². The van der Waals surface area contributed by atoms with Gasteiger partial charge in [0.1, 0.15) is 0 Å². The lowest BCUT2D eigenvalue weighted by molar-refractivity contribution is 0.795. The third-order valence-corrected chi connectivity index (χ3v) is 4.55. The van der Waals surface area contributed by atoms with Crippen LogP contribution in [0.4, 0.5) is 5.69 Å². The van der Waals surface area contributed by atoms with E-state index in [1.165, 1.54) is 18.4 Å². The van der Waals surface area contributed by atoms with E-state index < -0.39 is 0 Å². The highest BCUT2D eigenvalue weighted by atomic mass is 79.9. The predicted octanol–water partition coefficient (Wildman–Crippen LogP) is 6.96. The van der Waals surface area contributed by atoms with Gasteiger partial charge in [0.25, 0.3) is 0 Å². The van der Waals surface area contributed by atoms with Gasteiger partial charge in [-0.25, -0.2) is 4.99 Å². The average Bonchev–Trinajstić information content (AvgIpc) is 2.65. The van der Waals surface area contributed by atoms with Crippen molar-refractivity contribution in [3.8, 4) is 0 Å². The maximum absolute atomic E-state index is 5.02. The van der Waals surface area contributed by atoms with Crippen molar-refractivity contribution in [2.24, 2.45) is 4.99 Å². The zero-order chi connectivity index (χ0) is 17.5. The quantitative estimate of drug-likeness (QED) is 0.402. The molecule has 0 fully saturated rings. The summed E-state index contributed by atoms with van der Waals surface area (Å²) in [4.78, 5) is 5.02. The molecule has 1 nitrogen and oxygen atoms in total. The van der Waals surface area contributed by atoms with Gasteiger partial charge in [-0.15, -0.1) is 0 Å². The van der Waals surface area contributed by atoms with Crippen LogP contribution in [0.5, 0.6) is 0 Å². The van der Waals surface area contributed by atoms with Gasteiger partial charge in [-0.3, -0.25) is 0 Å². The Morgan fingerprint density at radius 3 is 2.00 bits per heavy atom.